The van der Waals surface area contributed by atoms with Gasteiger partial charge in [0, 0.05) is 89.1 Å². The molecule has 45 heavy (non-hydrogen) atoms. The molecule has 2 bridgehead atoms. The van der Waals surface area contributed by atoms with Crippen LogP contribution in [0.4, 0.5) is 10.5 Å². The van der Waals surface area contributed by atoms with Crippen LogP contribution in [0.2, 0.25) is 0 Å². The zero-order chi connectivity index (χ0) is 31.3. The number of nitrogens with one attached hydrogen (secondary N) is 1. The first-order valence-electron chi connectivity index (χ1n) is 17.2. The quantitative estimate of drug-likeness (QED) is 0.385. The average molecular weight is 629 g/mol. The Kier molecular flexibility index (Phi) is 10.5. The van der Waals surface area contributed by atoms with E-state index in [0.717, 1.165) is 70.9 Å². The normalized spacial score (nSPS) is 33.7. The van der Waals surface area contributed by atoms with Crippen molar-refractivity contribution in [2.45, 2.75) is 70.4 Å². The van der Waals surface area contributed by atoms with Crippen molar-refractivity contribution < 1.29 is 33.6 Å². The summed E-state index contributed by atoms with van der Waals surface area (Å²) in [5, 5.41) is 3.05. The van der Waals surface area contributed by atoms with Gasteiger partial charge >= 0.3 is 6.09 Å². The molecule has 6 unspecified atom stereocenters. The van der Waals surface area contributed by atoms with Crippen LogP contribution in [0, 0.1) is 23.7 Å². The molecule has 6 rings (SSSR count). The number of anilines is 1. The fourth-order valence-electron chi connectivity index (χ4n) is 8.19. The molecule has 2 saturated carbocycles. The molecule has 2 aliphatic carbocycles. The van der Waals surface area contributed by atoms with E-state index in [1.54, 1.807) is 4.90 Å². The second kappa shape index (κ2) is 14.5. The van der Waals surface area contributed by atoms with Gasteiger partial charge in [-0.15, -0.1) is 0 Å². The number of carbonyl (C=O) groups excluding carboxylic acids is 2. The molecule has 3 saturated heterocycles. The molecule has 5 fully saturated rings. The van der Waals surface area contributed by atoms with Gasteiger partial charge in [-0.05, 0) is 49.7 Å². The number of piperazine rings is 1. The molecule has 1 N–H and O–H groups in total. The molecule has 11 nitrogen and oxygen atoms in total. The molecule has 1 aromatic carbocycles. The minimum absolute atomic E-state index is 0.0490. The molecule has 1 spiro atoms. The number of para-hydroxylation sites is 1. The van der Waals surface area contributed by atoms with Gasteiger partial charge in [-0.25, -0.2) is 4.79 Å². The largest absolute Gasteiger partial charge is 0.449 e. The Hall–Kier alpha value is -2.44. The molecule has 250 valence electrons. The Morgan fingerprint density at radius 2 is 1.71 bits per heavy atom. The second-order valence-corrected chi connectivity index (χ2v) is 13.9. The van der Waals surface area contributed by atoms with Gasteiger partial charge in [-0.3, -0.25) is 9.69 Å². The number of amides is 2. The van der Waals surface area contributed by atoms with Gasteiger partial charge in [0.1, 0.15) is 0 Å². The molecular formula is C34H52N4O7. The van der Waals surface area contributed by atoms with Gasteiger partial charge in [0.05, 0.1) is 19.8 Å². The lowest BCUT2D eigenvalue weighted by Gasteiger charge is -2.50. The van der Waals surface area contributed by atoms with Crippen LogP contribution >= 0.6 is 0 Å². The monoisotopic (exact) mass is 628 g/mol. The standard InChI is InChI=1S/C34H52N4O7/c1-26-22-28-24-27(2)34(29(23-26)25-28)43-33(44-45-34,9-8-31(39)35-11-12-36-17-20-41-21-18-36)10-19-42-32(40)38-15-13-37(14-16-38)30-6-4-3-5-7-30/h3-7,26-29H,8-25H2,1-2H3,(H,35,39). The van der Waals surface area contributed by atoms with Crippen molar-refractivity contribution in [2.24, 2.45) is 23.7 Å². The molecule has 11 heteroatoms. The van der Waals surface area contributed by atoms with E-state index < -0.39 is 11.6 Å². The number of fused-ring (bicyclic) bond motifs is 3. The van der Waals surface area contributed by atoms with E-state index in [2.05, 4.69) is 41.1 Å². The van der Waals surface area contributed by atoms with Crippen LogP contribution < -0.4 is 10.2 Å². The SMILES string of the molecule is CC1CC2CC(C)C3(OOC(CCOC(=O)N4CCN(c5ccccc5)CC4)(CCC(=O)NCCN4CCOCC4)O3)C(C1)C2. The van der Waals surface area contributed by atoms with Gasteiger partial charge in [0.15, 0.2) is 0 Å². The Morgan fingerprint density at radius 3 is 2.49 bits per heavy atom. The van der Waals surface area contributed by atoms with Crippen LogP contribution in [0.5, 0.6) is 0 Å². The summed E-state index contributed by atoms with van der Waals surface area (Å²) in [5.74, 6) is -0.343. The molecule has 1 aromatic rings. The van der Waals surface area contributed by atoms with Gasteiger partial charge in [0.2, 0.25) is 17.5 Å². The summed E-state index contributed by atoms with van der Waals surface area (Å²) < 4.78 is 18.1. The molecule has 0 radical (unpaired) electrons. The second-order valence-electron chi connectivity index (χ2n) is 13.9. The molecule has 6 atom stereocenters. The fourth-order valence-corrected chi connectivity index (χ4v) is 8.19. The Balaban J connectivity index is 1.04. The van der Waals surface area contributed by atoms with Crippen molar-refractivity contribution in [1.29, 1.82) is 0 Å². The third kappa shape index (κ3) is 7.76. The van der Waals surface area contributed by atoms with Crippen LogP contribution in [0.3, 0.4) is 0 Å². The molecule has 0 aromatic heterocycles. The lowest BCUT2D eigenvalue weighted by atomic mass is 9.62. The van der Waals surface area contributed by atoms with Gasteiger partial charge < -0.3 is 29.3 Å². The van der Waals surface area contributed by atoms with E-state index in [0.29, 0.717) is 44.3 Å². The predicted octanol–water partition coefficient (Wildman–Crippen LogP) is 4.03. The van der Waals surface area contributed by atoms with Crippen molar-refractivity contribution in [2.75, 3.05) is 77.1 Å². The number of morpholine rings is 1. The van der Waals surface area contributed by atoms with E-state index in [9.17, 15) is 9.59 Å². The highest BCUT2D eigenvalue weighted by atomic mass is 17.3. The molecule has 2 amide bonds. The van der Waals surface area contributed by atoms with E-state index in [1.807, 2.05) is 18.2 Å². The first-order valence-corrected chi connectivity index (χ1v) is 17.2. The van der Waals surface area contributed by atoms with Crippen molar-refractivity contribution in [1.82, 2.24) is 15.1 Å². The van der Waals surface area contributed by atoms with E-state index >= 15 is 0 Å². The van der Waals surface area contributed by atoms with E-state index in [1.165, 1.54) is 6.42 Å². The number of rotatable bonds is 10. The summed E-state index contributed by atoms with van der Waals surface area (Å²) >= 11 is 0. The van der Waals surface area contributed by atoms with Crippen LogP contribution in [-0.2, 0) is 28.8 Å². The van der Waals surface area contributed by atoms with Crippen LogP contribution in [0.1, 0.15) is 58.8 Å². The minimum atomic E-state index is -1.16. The lowest BCUT2D eigenvalue weighted by molar-refractivity contribution is -0.379. The first-order chi connectivity index (χ1) is 21.8. The van der Waals surface area contributed by atoms with Gasteiger partial charge in [0.25, 0.3) is 0 Å². The van der Waals surface area contributed by atoms with Crippen LogP contribution in [0.15, 0.2) is 30.3 Å². The zero-order valence-corrected chi connectivity index (χ0v) is 27.1. The summed E-state index contributed by atoms with van der Waals surface area (Å²) in [7, 11) is 0. The van der Waals surface area contributed by atoms with Gasteiger partial charge in [-0.2, -0.15) is 9.78 Å². The average Bonchev–Trinajstić information content (AvgIpc) is 3.45. The van der Waals surface area contributed by atoms with E-state index in [-0.39, 0.29) is 36.9 Å². The lowest BCUT2D eigenvalue weighted by Crippen LogP contribution is -2.54. The maximum Gasteiger partial charge on any atom is 0.409 e. The van der Waals surface area contributed by atoms with Crippen molar-refractivity contribution in [3.63, 3.8) is 0 Å². The number of benzene rings is 1. The molecule has 3 aliphatic heterocycles. The summed E-state index contributed by atoms with van der Waals surface area (Å²) in [6.07, 6.45) is 4.91. The summed E-state index contributed by atoms with van der Waals surface area (Å²) in [4.78, 5) is 44.7. The summed E-state index contributed by atoms with van der Waals surface area (Å²) in [6, 6.07) is 10.3. The number of hydrogen-bond donors (Lipinski definition) is 1. The topological polar surface area (TPSA) is 102 Å². The zero-order valence-electron chi connectivity index (χ0n) is 27.1. The predicted molar refractivity (Wildman–Crippen MR) is 168 cm³/mol. The highest BCUT2D eigenvalue weighted by Crippen LogP contribution is 2.57. The Labute approximate surface area is 267 Å². The summed E-state index contributed by atoms with van der Waals surface area (Å²) in [5.41, 5.74) is 1.16. The Morgan fingerprint density at radius 1 is 0.933 bits per heavy atom. The molecular weight excluding hydrogens is 576 g/mol. The van der Waals surface area contributed by atoms with Crippen molar-refractivity contribution in [3.8, 4) is 0 Å². The Bertz CT molecular complexity index is 1120. The van der Waals surface area contributed by atoms with Gasteiger partial charge in [-0.1, -0.05) is 32.0 Å². The number of hydrogen-bond acceptors (Lipinski definition) is 9. The van der Waals surface area contributed by atoms with Crippen molar-refractivity contribution in [3.05, 3.63) is 30.3 Å². The molecule has 5 aliphatic rings. The highest BCUT2D eigenvalue weighted by molar-refractivity contribution is 5.75. The smallest absolute Gasteiger partial charge is 0.409 e. The molecule has 3 heterocycles. The van der Waals surface area contributed by atoms with Crippen LogP contribution in [0.25, 0.3) is 0 Å². The number of carbonyl (C=O) groups is 2. The maximum atomic E-state index is 13.1. The third-order valence-corrected chi connectivity index (χ3v) is 10.6. The minimum Gasteiger partial charge on any atom is -0.449 e. The number of nitrogens with zero attached hydrogens (tertiary/aromatic N) is 3. The van der Waals surface area contributed by atoms with Crippen LogP contribution in [-0.4, -0.2) is 106 Å². The van der Waals surface area contributed by atoms with Crippen molar-refractivity contribution >= 4 is 17.7 Å². The highest BCUT2D eigenvalue weighted by Gasteiger charge is 2.62. The first kappa shape index (κ1) is 32.5. The number of ether oxygens (including phenoxy) is 3. The third-order valence-electron chi connectivity index (χ3n) is 10.6. The van der Waals surface area contributed by atoms with E-state index in [4.69, 9.17) is 24.0 Å². The fraction of sp³-hybridized carbons (Fsp3) is 0.765. The maximum absolute atomic E-state index is 13.1. The summed E-state index contributed by atoms with van der Waals surface area (Å²) in [6.45, 7) is 12.0.